The first kappa shape index (κ1) is 15.8. The average Bonchev–Trinajstić information content (AvgIpc) is 2.49. The molecule has 0 unspecified atom stereocenters. The lowest BCUT2D eigenvalue weighted by molar-refractivity contribution is -0.118. The van der Waals surface area contributed by atoms with Crippen LogP contribution in [-0.2, 0) is 4.79 Å². The highest BCUT2D eigenvalue weighted by molar-refractivity contribution is 6.04. The number of carbonyl (C=O) groups is 2. The maximum absolute atomic E-state index is 12.1. The van der Waals surface area contributed by atoms with Crippen molar-refractivity contribution in [1.82, 2.24) is 0 Å². The molecule has 0 aliphatic heterocycles. The van der Waals surface area contributed by atoms with Gasteiger partial charge in [-0.25, -0.2) is 0 Å². The van der Waals surface area contributed by atoms with Crippen molar-refractivity contribution < 1.29 is 9.59 Å². The molecule has 114 valence electrons. The Morgan fingerprint density at radius 2 is 1.50 bits per heavy atom. The Bertz CT molecular complexity index is 676. The molecule has 2 N–H and O–H groups in total. The molecule has 22 heavy (non-hydrogen) atoms. The second kappa shape index (κ2) is 6.89. The fourth-order valence-corrected chi connectivity index (χ4v) is 1.91. The zero-order valence-corrected chi connectivity index (χ0v) is 13.0. The van der Waals surface area contributed by atoms with Crippen molar-refractivity contribution in [3.8, 4) is 0 Å². The minimum atomic E-state index is -0.150. The topological polar surface area (TPSA) is 58.2 Å². The van der Waals surface area contributed by atoms with Crippen LogP contribution in [0, 0.1) is 12.8 Å². The molecule has 0 aromatic heterocycles. The van der Waals surface area contributed by atoms with E-state index in [9.17, 15) is 9.59 Å². The lowest BCUT2D eigenvalue weighted by atomic mass is 10.1. The highest BCUT2D eigenvalue weighted by atomic mass is 16.2. The van der Waals surface area contributed by atoms with Gasteiger partial charge in [0.1, 0.15) is 0 Å². The average molecular weight is 296 g/mol. The maximum atomic E-state index is 12.1. The van der Waals surface area contributed by atoms with Crippen LogP contribution in [0.25, 0.3) is 0 Å². The predicted octanol–water partition coefficient (Wildman–Crippen LogP) is 3.84. The van der Waals surface area contributed by atoms with Gasteiger partial charge in [-0.2, -0.15) is 0 Å². The number of hydrogen-bond acceptors (Lipinski definition) is 2. The first-order valence-electron chi connectivity index (χ1n) is 7.24. The first-order chi connectivity index (χ1) is 10.5. The van der Waals surface area contributed by atoms with Crippen LogP contribution < -0.4 is 10.6 Å². The molecule has 0 radical (unpaired) electrons. The molecule has 2 aromatic carbocycles. The Kier molecular flexibility index (Phi) is 4.94. The monoisotopic (exact) mass is 296 g/mol. The van der Waals surface area contributed by atoms with Crippen LogP contribution in [0.15, 0.2) is 48.5 Å². The lowest BCUT2D eigenvalue weighted by Gasteiger charge is -2.09. The van der Waals surface area contributed by atoms with Crippen molar-refractivity contribution in [2.24, 2.45) is 5.92 Å². The number of hydrogen-bond donors (Lipinski definition) is 2. The molecular formula is C18H20N2O2. The summed E-state index contributed by atoms with van der Waals surface area (Å²) in [5, 5.41) is 5.65. The van der Waals surface area contributed by atoms with Crippen LogP contribution >= 0.6 is 0 Å². The highest BCUT2D eigenvalue weighted by Gasteiger charge is 2.08. The molecule has 4 nitrogen and oxygen atoms in total. The van der Waals surface area contributed by atoms with Gasteiger partial charge in [0.2, 0.25) is 5.91 Å². The van der Waals surface area contributed by atoms with E-state index >= 15 is 0 Å². The van der Waals surface area contributed by atoms with E-state index in [0.717, 1.165) is 5.56 Å². The third-order valence-corrected chi connectivity index (χ3v) is 3.21. The minimum Gasteiger partial charge on any atom is -0.326 e. The van der Waals surface area contributed by atoms with Gasteiger partial charge >= 0.3 is 0 Å². The predicted molar refractivity (Wildman–Crippen MR) is 89.0 cm³/mol. The van der Waals surface area contributed by atoms with Crippen LogP contribution in [0.3, 0.4) is 0 Å². The van der Waals surface area contributed by atoms with E-state index in [-0.39, 0.29) is 17.7 Å². The minimum absolute atomic E-state index is 0.0310. The van der Waals surface area contributed by atoms with Crippen LogP contribution in [-0.4, -0.2) is 11.8 Å². The van der Waals surface area contributed by atoms with E-state index in [1.165, 1.54) is 0 Å². The normalized spacial score (nSPS) is 10.4. The van der Waals surface area contributed by atoms with Crippen molar-refractivity contribution >= 4 is 23.2 Å². The Morgan fingerprint density at radius 1 is 0.909 bits per heavy atom. The number of amides is 2. The Labute approximate surface area is 130 Å². The number of rotatable bonds is 4. The lowest BCUT2D eigenvalue weighted by Crippen LogP contribution is -2.17. The third kappa shape index (κ3) is 4.19. The van der Waals surface area contributed by atoms with Crippen LogP contribution in [0.1, 0.15) is 29.8 Å². The molecule has 0 atom stereocenters. The third-order valence-electron chi connectivity index (χ3n) is 3.21. The molecule has 0 aliphatic carbocycles. The molecule has 0 saturated heterocycles. The van der Waals surface area contributed by atoms with Gasteiger partial charge in [-0.05, 0) is 43.3 Å². The van der Waals surface area contributed by atoms with Gasteiger partial charge in [0, 0.05) is 22.9 Å². The molecular weight excluding hydrogens is 276 g/mol. The summed E-state index contributed by atoms with van der Waals surface area (Å²) in [7, 11) is 0. The van der Waals surface area contributed by atoms with E-state index < -0.39 is 0 Å². The van der Waals surface area contributed by atoms with Crippen molar-refractivity contribution in [3.63, 3.8) is 0 Å². The summed E-state index contributed by atoms with van der Waals surface area (Å²) in [5.41, 5.74) is 3.07. The van der Waals surface area contributed by atoms with Crippen molar-refractivity contribution in [1.29, 1.82) is 0 Å². The summed E-state index contributed by atoms with van der Waals surface area (Å²) in [5.74, 6) is -0.250. The van der Waals surface area contributed by atoms with E-state index in [1.807, 2.05) is 39.0 Å². The summed E-state index contributed by atoms with van der Waals surface area (Å²) in [6.07, 6.45) is 0. The Morgan fingerprint density at radius 3 is 2.05 bits per heavy atom. The van der Waals surface area contributed by atoms with Gasteiger partial charge in [-0.15, -0.1) is 0 Å². The number of nitrogens with one attached hydrogen (secondary N) is 2. The maximum Gasteiger partial charge on any atom is 0.255 e. The second-order valence-electron chi connectivity index (χ2n) is 5.54. The number of anilines is 2. The first-order valence-corrected chi connectivity index (χ1v) is 7.24. The number of aryl methyl sites for hydroxylation is 1. The molecule has 2 aromatic rings. The second-order valence-corrected chi connectivity index (χ2v) is 5.54. The zero-order chi connectivity index (χ0) is 16.1. The van der Waals surface area contributed by atoms with Gasteiger partial charge in [0.25, 0.3) is 5.91 Å². The van der Waals surface area contributed by atoms with Gasteiger partial charge in [0.05, 0.1) is 0 Å². The van der Waals surface area contributed by atoms with Gasteiger partial charge in [-0.3, -0.25) is 9.59 Å². The van der Waals surface area contributed by atoms with Crippen LogP contribution in [0.5, 0.6) is 0 Å². The molecule has 0 aliphatic rings. The molecule has 0 fully saturated rings. The standard InChI is InChI=1S/C18H20N2O2/c1-12(2)17(21)19-15-7-9-16(10-8-15)20-18(22)14-6-4-5-13(3)11-14/h4-12H,1-3H3,(H,19,21)(H,20,22). The van der Waals surface area contributed by atoms with E-state index in [2.05, 4.69) is 10.6 Å². The van der Waals surface area contributed by atoms with Gasteiger partial charge in [0.15, 0.2) is 0 Å². The number of benzene rings is 2. The molecule has 2 amide bonds. The largest absolute Gasteiger partial charge is 0.326 e. The molecule has 4 heteroatoms. The summed E-state index contributed by atoms with van der Waals surface area (Å²) < 4.78 is 0. The summed E-state index contributed by atoms with van der Waals surface area (Å²) in [6, 6.07) is 14.5. The Balaban J connectivity index is 2.02. The summed E-state index contributed by atoms with van der Waals surface area (Å²) >= 11 is 0. The molecule has 2 rings (SSSR count). The van der Waals surface area contributed by atoms with Gasteiger partial charge < -0.3 is 10.6 Å². The van der Waals surface area contributed by atoms with E-state index in [0.29, 0.717) is 16.9 Å². The molecule has 0 heterocycles. The van der Waals surface area contributed by atoms with Crippen molar-refractivity contribution in [2.45, 2.75) is 20.8 Å². The van der Waals surface area contributed by atoms with Crippen LogP contribution in [0.2, 0.25) is 0 Å². The van der Waals surface area contributed by atoms with Crippen molar-refractivity contribution in [2.75, 3.05) is 10.6 Å². The summed E-state index contributed by atoms with van der Waals surface area (Å²) in [6.45, 7) is 5.63. The van der Waals surface area contributed by atoms with E-state index in [4.69, 9.17) is 0 Å². The van der Waals surface area contributed by atoms with Gasteiger partial charge in [-0.1, -0.05) is 31.5 Å². The molecule has 0 saturated carbocycles. The zero-order valence-electron chi connectivity index (χ0n) is 13.0. The van der Waals surface area contributed by atoms with Crippen LogP contribution in [0.4, 0.5) is 11.4 Å². The number of carbonyl (C=O) groups excluding carboxylic acids is 2. The quantitative estimate of drug-likeness (QED) is 0.900. The molecule has 0 spiro atoms. The highest BCUT2D eigenvalue weighted by Crippen LogP contribution is 2.15. The molecule has 0 bridgehead atoms. The summed E-state index contributed by atoms with van der Waals surface area (Å²) in [4.78, 5) is 23.7. The fourth-order valence-electron chi connectivity index (χ4n) is 1.91. The van der Waals surface area contributed by atoms with Crippen molar-refractivity contribution in [3.05, 3.63) is 59.7 Å². The fraction of sp³-hybridized carbons (Fsp3) is 0.222. The Hall–Kier alpha value is -2.62. The smallest absolute Gasteiger partial charge is 0.255 e. The van der Waals surface area contributed by atoms with E-state index in [1.54, 1.807) is 30.3 Å². The SMILES string of the molecule is Cc1cccc(C(=O)Nc2ccc(NC(=O)C(C)C)cc2)c1.